The number of carbonyl (C=O) groups excluding carboxylic acids is 1. The number of nitrogens with zero attached hydrogens (tertiary/aromatic N) is 1. The predicted octanol–water partition coefficient (Wildman–Crippen LogP) is 2.26. The first kappa shape index (κ1) is 15.0. The fourth-order valence-corrected chi connectivity index (χ4v) is 2.45. The van der Waals surface area contributed by atoms with Crippen LogP contribution in [0.1, 0.15) is 22.3 Å². The highest BCUT2D eigenvalue weighted by atomic mass is 79.9. The van der Waals surface area contributed by atoms with E-state index in [9.17, 15) is 4.79 Å². The number of hydrogen-bond donors (Lipinski definition) is 1. The Balaban J connectivity index is 3.38. The van der Waals surface area contributed by atoms with Crippen LogP contribution in [-0.2, 0) is 11.2 Å². The molecule has 0 atom stereocenters. The number of rotatable bonds is 3. The maximum absolute atomic E-state index is 11.8. The van der Waals surface area contributed by atoms with Crippen LogP contribution in [0.25, 0.3) is 0 Å². The van der Waals surface area contributed by atoms with Crippen molar-refractivity contribution in [3.05, 3.63) is 26.7 Å². The highest BCUT2D eigenvalue weighted by Gasteiger charge is 2.19. The highest BCUT2D eigenvalue weighted by molar-refractivity contribution is 9.10. The maximum Gasteiger partial charge on any atom is 0.240 e. The highest BCUT2D eigenvalue weighted by Crippen LogP contribution is 2.36. The monoisotopic (exact) mass is 314 g/mol. The lowest BCUT2D eigenvalue weighted by atomic mass is 9.96. The van der Waals surface area contributed by atoms with Gasteiger partial charge in [0.25, 0.3) is 0 Å². The van der Waals surface area contributed by atoms with E-state index in [1.165, 1.54) is 0 Å². The number of nitrogens with two attached hydrogens (primary N) is 1. The molecule has 0 aliphatic rings. The Labute approximate surface area is 116 Å². The second-order valence-electron chi connectivity index (χ2n) is 4.38. The van der Waals surface area contributed by atoms with E-state index < -0.39 is 0 Å². The molecule has 0 saturated carbocycles. The molecule has 0 spiro atoms. The molecule has 1 aromatic carbocycles. The summed E-state index contributed by atoms with van der Waals surface area (Å²) in [6, 6.07) is 0. The minimum absolute atomic E-state index is 0.147. The average Bonchev–Trinajstić information content (AvgIpc) is 2.33. The van der Waals surface area contributed by atoms with Gasteiger partial charge in [0.1, 0.15) is 5.75 Å². The second-order valence-corrected chi connectivity index (χ2v) is 5.18. The summed E-state index contributed by atoms with van der Waals surface area (Å²) in [5.41, 5.74) is 4.07. The van der Waals surface area contributed by atoms with Gasteiger partial charge in [-0.2, -0.15) is 0 Å². The maximum atomic E-state index is 11.8. The molecule has 1 amide bonds. The zero-order chi connectivity index (χ0) is 14.0. The predicted molar refractivity (Wildman–Crippen MR) is 75.6 cm³/mol. The molecule has 18 heavy (non-hydrogen) atoms. The van der Waals surface area contributed by atoms with Gasteiger partial charge in [-0.15, -0.1) is 0 Å². The Morgan fingerprint density at radius 3 is 2.28 bits per heavy atom. The van der Waals surface area contributed by atoms with Gasteiger partial charge in [-0.05, 0) is 37.5 Å². The van der Waals surface area contributed by atoms with Crippen molar-refractivity contribution < 1.29 is 9.53 Å². The topological polar surface area (TPSA) is 55.6 Å². The lowest BCUT2D eigenvalue weighted by molar-refractivity contribution is -0.129. The normalized spacial score (nSPS) is 10.4. The summed E-state index contributed by atoms with van der Waals surface area (Å²) in [6.45, 7) is 5.98. The molecule has 0 aliphatic carbocycles. The van der Waals surface area contributed by atoms with Crippen molar-refractivity contribution in [1.29, 1.82) is 0 Å². The molecule has 1 aromatic rings. The summed E-state index contributed by atoms with van der Waals surface area (Å²) in [5.74, 6) is 6.08. The molecular formula is C13H19BrN2O2. The van der Waals surface area contributed by atoms with E-state index in [2.05, 4.69) is 15.9 Å². The largest absolute Gasteiger partial charge is 0.496 e. The summed E-state index contributed by atoms with van der Waals surface area (Å²) in [4.78, 5) is 11.8. The summed E-state index contributed by atoms with van der Waals surface area (Å²) in [7, 11) is 3.16. The molecule has 0 unspecified atom stereocenters. The lowest BCUT2D eigenvalue weighted by Gasteiger charge is -2.19. The quantitative estimate of drug-likeness (QED) is 0.529. The van der Waals surface area contributed by atoms with E-state index in [0.717, 1.165) is 37.5 Å². The van der Waals surface area contributed by atoms with Gasteiger partial charge in [0.2, 0.25) is 5.91 Å². The van der Waals surface area contributed by atoms with Gasteiger partial charge in [0.05, 0.1) is 13.5 Å². The average molecular weight is 315 g/mol. The van der Waals surface area contributed by atoms with Crippen LogP contribution in [0.2, 0.25) is 0 Å². The Hall–Kier alpha value is -1.07. The minimum atomic E-state index is -0.147. The molecule has 0 aromatic heterocycles. The van der Waals surface area contributed by atoms with E-state index in [-0.39, 0.29) is 12.3 Å². The van der Waals surface area contributed by atoms with Crippen molar-refractivity contribution in [3.8, 4) is 5.75 Å². The van der Waals surface area contributed by atoms with Gasteiger partial charge >= 0.3 is 0 Å². The molecule has 0 bridgehead atoms. The zero-order valence-corrected chi connectivity index (χ0v) is 13.0. The number of ether oxygens (including phenoxy) is 1. The van der Waals surface area contributed by atoms with Gasteiger partial charge < -0.3 is 4.74 Å². The van der Waals surface area contributed by atoms with E-state index in [1.807, 2.05) is 20.8 Å². The smallest absolute Gasteiger partial charge is 0.240 e. The molecule has 4 nitrogen and oxygen atoms in total. The first-order valence-electron chi connectivity index (χ1n) is 5.64. The zero-order valence-electron chi connectivity index (χ0n) is 11.4. The first-order chi connectivity index (χ1) is 8.31. The fraction of sp³-hybridized carbons (Fsp3) is 0.462. The number of amides is 1. The molecule has 100 valence electrons. The number of methoxy groups -OCH3 is 1. The van der Waals surface area contributed by atoms with Crippen LogP contribution in [0.4, 0.5) is 0 Å². The molecule has 0 aliphatic heterocycles. The number of hydrazine groups is 1. The second kappa shape index (κ2) is 5.71. The van der Waals surface area contributed by atoms with Crippen LogP contribution >= 0.6 is 15.9 Å². The van der Waals surface area contributed by atoms with E-state index in [1.54, 1.807) is 14.2 Å². The summed E-state index contributed by atoms with van der Waals surface area (Å²) in [5, 5.41) is 1.10. The van der Waals surface area contributed by atoms with Gasteiger partial charge in [0.15, 0.2) is 0 Å². The van der Waals surface area contributed by atoms with Crippen molar-refractivity contribution in [2.24, 2.45) is 5.84 Å². The van der Waals surface area contributed by atoms with Crippen LogP contribution < -0.4 is 10.6 Å². The Kier molecular flexibility index (Phi) is 4.76. The molecule has 0 heterocycles. The molecule has 0 saturated heterocycles. The molecule has 0 radical (unpaired) electrons. The van der Waals surface area contributed by atoms with Gasteiger partial charge in [-0.3, -0.25) is 9.80 Å². The van der Waals surface area contributed by atoms with E-state index in [0.29, 0.717) is 0 Å². The number of hydrogen-bond acceptors (Lipinski definition) is 3. The van der Waals surface area contributed by atoms with Crippen LogP contribution in [-0.4, -0.2) is 25.1 Å². The van der Waals surface area contributed by atoms with Crippen molar-refractivity contribution in [2.75, 3.05) is 14.2 Å². The number of benzene rings is 1. The van der Waals surface area contributed by atoms with Crippen molar-refractivity contribution in [2.45, 2.75) is 27.2 Å². The minimum Gasteiger partial charge on any atom is -0.496 e. The first-order valence-corrected chi connectivity index (χ1v) is 6.43. The third-order valence-corrected chi connectivity index (χ3v) is 4.40. The number of likely N-dealkylation sites (N-methyl/N-ethyl adjacent to an activating group) is 1. The number of halogens is 1. The van der Waals surface area contributed by atoms with Gasteiger partial charge in [0, 0.05) is 17.1 Å². The molecule has 1 rings (SSSR count). The Morgan fingerprint density at radius 2 is 1.83 bits per heavy atom. The van der Waals surface area contributed by atoms with Crippen LogP contribution in [0.15, 0.2) is 4.47 Å². The third-order valence-electron chi connectivity index (χ3n) is 3.21. The van der Waals surface area contributed by atoms with Gasteiger partial charge in [-0.25, -0.2) is 5.84 Å². The summed E-state index contributed by atoms with van der Waals surface area (Å²) < 4.78 is 6.46. The molecule has 0 fully saturated rings. The molecular weight excluding hydrogens is 296 g/mol. The third kappa shape index (κ3) is 2.67. The SMILES string of the molecule is COc1c(C)c(C)c(Br)c(C)c1CC(=O)N(C)N. The van der Waals surface area contributed by atoms with E-state index in [4.69, 9.17) is 10.6 Å². The Morgan fingerprint density at radius 1 is 1.28 bits per heavy atom. The lowest BCUT2D eigenvalue weighted by Crippen LogP contribution is -2.34. The van der Waals surface area contributed by atoms with Crippen molar-refractivity contribution >= 4 is 21.8 Å². The summed E-state index contributed by atoms with van der Waals surface area (Å²) in [6.07, 6.45) is 0.238. The summed E-state index contributed by atoms with van der Waals surface area (Å²) >= 11 is 3.56. The van der Waals surface area contributed by atoms with Gasteiger partial charge in [-0.1, -0.05) is 15.9 Å². The van der Waals surface area contributed by atoms with Crippen molar-refractivity contribution in [1.82, 2.24) is 5.01 Å². The molecule has 5 heteroatoms. The van der Waals surface area contributed by atoms with Crippen LogP contribution in [0.3, 0.4) is 0 Å². The standard InChI is InChI=1S/C13H19BrN2O2/c1-7-8(2)13(18-5)10(9(3)12(7)14)6-11(17)16(4)15/h6,15H2,1-5H3. The van der Waals surface area contributed by atoms with Crippen LogP contribution in [0, 0.1) is 20.8 Å². The van der Waals surface area contributed by atoms with E-state index >= 15 is 0 Å². The Bertz CT molecular complexity index is 485. The fourth-order valence-electron chi connectivity index (χ4n) is 1.91. The van der Waals surface area contributed by atoms with Crippen LogP contribution in [0.5, 0.6) is 5.75 Å². The molecule has 2 N–H and O–H groups in total. The number of carbonyl (C=O) groups is 1. The van der Waals surface area contributed by atoms with Crippen molar-refractivity contribution in [3.63, 3.8) is 0 Å².